The molecule has 0 aliphatic carbocycles. The molecule has 84 valence electrons. The minimum absolute atomic E-state index is 0.0428. The minimum Gasteiger partial charge on any atom is -0.424 e. The molecule has 0 amide bonds. The number of aromatic nitrogens is 1. The van der Waals surface area contributed by atoms with Crippen LogP contribution < -0.4 is 5.32 Å². The van der Waals surface area contributed by atoms with E-state index < -0.39 is 0 Å². The fraction of sp³-hybridized carbons (Fsp3) is 0.308. The van der Waals surface area contributed by atoms with Crippen LogP contribution in [0.25, 0.3) is 11.3 Å². The van der Waals surface area contributed by atoms with Crippen molar-refractivity contribution in [3.05, 3.63) is 36.5 Å². The first-order valence-electron chi connectivity index (χ1n) is 5.34. The van der Waals surface area contributed by atoms with Gasteiger partial charge < -0.3 is 9.73 Å². The Morgan fingerprint density at radius 3 is 2.44 bits per heavy atom. The first-order valence-corrected chi connectivity index (χ1v) is 5.34. The zero-order chi connectivity index (χ0) is 11.6. The van der Waals surface area contributed by atoms with Crippen LogP contribution >= 0.6 is 0 Å². The summed E-state index contributed by atoms with van der Waals surface area (Å²) in [6.07, 6.45) is 1.74. The molecule has 0 aliphatic rings. The summed E-state index contributed by atoms with van der Waals surface area (Å²) in [6, 6.07) is 10.5. The lowest BCUT2D eigenvalue weighted by Gasteiger charge is -2.18. The lowest BCUT2D eigenvalue weighted by molar-refractivity contribution is 0.539. The van der Waals surface area contributed by atoms with Crippen molar-refractivity contribution in [1.82, 2.24) is 4.98 Å². The normalized spacial score (nSPS) is 11.4. The van der Waals surface area contributed by atoms with Crippen molar-refractivity contribution in [2.75, 3.05) is 5.32 Å². The molecule has 0 unspecified atom stereocenters. The Morgan fingerprint density at radius 1 is 1.12 bits per heavy atom. The molecule has 1 aromatic carbocycles. The second kappa shape index (κ2) is 4.00. The van der Waals surface area contributed by atoms with Crippen LogP contribution in [0.15, 0.2) is 40.9 Å². The van der Waals surface area contributed by atoms with Crippen molar-refractivity contribution in [3.8, 4) is 11.3 Å². The fourth-order valence-electron chi connectivity index (χ4n) is 1.39. The summed E-state index contributed by atoms with van der Waals surface area (Å²) in [5, 5.41) is 3.19. The van der Waals surface area contributed by atoms with Gasteiger partial charge in [0.15, 0.2) is 5.76 Å². The molecule has 1 aromatic heterocycles. The Bertz CT molecular complexity index is 454. The van der Waals surface area contributed by atoms with Gasteiger partial charge in [0.05, 0.1) is 6.20 Å². The van der Waals surface area contributed by atoms with Gasteiger partial charge >= 0.3 is 0 Å². The van der Waals surface area contributed by atoms with Crippen LogP contribution in [0, 0.1) is 0 Å². The zero-order valence-corrected chi connectivity index (χ0v) is 9.82. The lowest BCUT2D eigenvalue weighted by Crippen LogP contribution is -2.26. The van der Waals surface area contributed by atoms with Crippen molar-refractivity contribution in [2.45, 2.75) is 26.3 Å². The summed E-state index contributed by atoms with van der Waals surface area (Å²) >= 11 is 0. The number of nitrogens with one attached hydrogen (secondary N) is 1. The molecule has 16 heavy (non-hydrogen) atoms. The van der Waals surface area contributed by atoms with Crippen molar-refractivity contribution >= 4 is 6.01 Å². The van der Waals surface area contributed by atoms with Crippen LogP contribution in [0.5, 0.6) is 0 Å². The van der Waals surface area contributed by atoms with Crippen molar-refractivity contribution in [2.24, 2.45) is 0 Å². The number of hydrogen-bond donors (Lipinski definition) is 1. The third-order valence-corrected chi connectivity index (χ3v) is 2.05. The standard InChI is InChI=1S/C13H16N2O/c1-13(2,3)15-12-14-9-11(16-12)10-7-5-4-6-8-10/h4-9H,1-3H3,(H,14,15). The maximum absolute atomic E-state index is 5.62. The molecule has 1 N–H and O–H groups in total. The topological polar surface area (TPSA) is 38.1 Å². The maximum Gasteiger partial charge on any atom is 0.295 e. The van der Waals surface area contributed by atoms with Gasteiger partial charge in [0.25, 0.3) is 6.01 Å². The summed E-state index contributed by atoms with van der Waals surface area (Å²) in [6.45, 7) is 6.21. The number of hydrogen-bond acceptors (Lipinski definition) is 3. The van der Waals surface area contributed by atoms with Crippen molar-refractivity contribution < 1.29 is 4.42 Å². The Kier molecular flexibility index (Phi) is 2.69. The molecule has 2 aromatic rings. The van der Waals surface area contributed by atoms with E-state index in [0.717, 1.165) is 11.3 Å². The number of oxazole rings is 1. The van der Waals surface area contributed by atoms with Gasteiger partial charge in [0.2, 0.25) is 0 Å². The Labute approximate surface area is 95.5 Å². The summed E-state index contributed by atoms with van der Waals surface area (Å²) in [5.74, 6) is 0.785. The monoisotopic (exact) mass is 216 g/mol. The number of rotatable bonds is 2. The van der Waals surface area contributed by atoms with Crippen molar-refractivity contribution in [3.63, 3.8) is 0 Å². The average molecular weight is 216 g/mol. The predicted octanol–water partition coefficient (Wildman–Crippen LogP) is 3.55. The highest BCUT2D eigenvalue weighted by Crippen LogP contribution is 2.23. The van der Waals surface area contributed by atoms with Gasteiger partial charge in [-0.05, 0) is 20.8 Å². The third-order valence-electron chi connectivity index (χ3n) is 2.05. The van der Waals surface area contributed by atoms with E-state index in [-0.39, 0.29) is 5.54 Å². The van der Waals surface area contributed by atoms with Crippen LogP contribution in [0.3, 0.4) is 0 Å². The van der Waals surface area contributed by atoms with Gasteiger partial charge in [-0.2, -0.15) is 0 Å². The highest BCUT2D eigenvalue weighted by molar-refractivity contribution is 5.57. The Balaban J connectivity index is 2.21. The number of benzene rings is 1. The SMILES string of the molecule is CC(C)(C)Nc1ncc(-c2ccccc2)o1. The molecule has 0 atom stereocenters. The van der Waals surface area contributed by atoms with Gasteiger partial charge in [0, 0.05) is 11.1 Å². The molecule has 0 bridgehead atoms. The molecule has 0 saturated carbocycles. The van der Waals surface area contributed by atoms with Crippen molar-refractivity contribution in [1.29, 1.82) is 0 Å². The zero-order valence-electron chi connectivity index (χ0n) is 9.82. The molecule has 2 rings (SSSR count). The Morgan fingerprint density at radius 2 is 1.81 bits per heavy atom. The Hall–Kier alpha value is -1.77. The van der Waals surface area contributed by atoms with E-state index in [0.29, 0.717) is 6.01 Å². The smallest absolute Gasteiger partial charge is 0.295 e. The predicted molar refractivity (Wildman–Crippen MR) is 65.3 cm³/mol. The molecule has 0 fully saturated rings. The van der Waals surface area contributed by atoms with Crippen LogP contribution in [0.2, 0.25) is 0 Å². The van der Waals surface area contributed by atoms with Crippen LogP contribution in [0.1, 0.15) is 20.8 Å². The van der Waals surface area contributed by atoms with E-state index >= 15 is 0 Å². The molecule has 1 heterocycles. The van der Waals surface area contributed by atoms with Gasteiger partial charge in [-0.15, -0.1) is 0 Å². The van der Waals surface area contributed by atoms with E-state index in [2.05, 4.69) is 31.1 Å². The van der Waals surface area contributed by atoms with E-state index in [9.17, 15) is 0 Å². The molecule has 3 heteroatoms. The quantitative estimate of drug-likeness (QED) is 0.834. The molecule has 0 spiro atoms. The molecule has 3 nitrogen and oxygen atoms in total. The van der Waals surface area contributed by atoms with Gasteiger partial charge in [-0.3, -0.25) is 0 Å². The summed E-state index contributed by atoms with van der Waals surface area (Å²) < 4.78 is 5.62. The number of anilines is 1. The largest absolute Gasteiger partial charge is 0.424 e. The minimum atomic E-state index is -0.0428. The highest BCUT2D eigenvalue weighted by atomic mass is 16.4. The third kappa shape index (κ3) is 2.63. The van der Waals surface area contributed by atoms with E-state index in [1.807, 2.05) is 30.3 Å². The summed E-state index contributed by atoms with van der Waals surface area (Å²) in [7, 11) is 0. The van der Waals surface area contributed by atoms with Crippen LogP contribution in [-0.2, 0) is 0 Å². The molecule has 0 radical (unpaired) electrons. The number of nitrogens with zero attached hydrogens (tertiary/aromatic N) is 1. The first-order chi connectivity index (χ1) is 7.54. The molecule has 0 saturated heterocycles. The molecular formula is C13H16N2O. The summed E-state index contributed by atoms with van der Waals surface area (Å²) in [5.41, 5.74) is 0.996. The average Bonchev–Trinajstić information content (AvgIpc) is 2.65. The lowest BCUT2D eigenvalue weighted by atomic mass is 10.1. The van der Waals surface area contributed by atoms with Gasteiger partial charge in [-0.25, -0.2) is 4.98 Å². The van der Waals surface area contributed by atoms with E-state index in [4.69, 9.17) is 4.42 Å². The fourth-order valence-corrected chi connectivity index (χ4v) is 1.39. The van der Waals surface area contributed by atoms with Gasteiger partial charge in [-0.1, -0.05) is 30.3 Å². The van der Waals surface area contributed by atoms with Gasteiger partial charge in [0.1, 0.15) is 0 Å². The van der Waals surface area contributed by atoms with Crippen LogP contribution in [0.4, 0.5) is 6.01 Å². The summed E-state index contributed by atoms with van der Waals surface area (Å²) in [4.78, 5) is 4.20. The van der Waals surface area contributed by atoms with E-state index in [1.54, 1.807) is 6.20 Å². The molecular weight excluding hydrogens is 200 g/mol. The molecule has 0 aliphatic heterocycles. The highest BCUT2D eigenvalue weighted by Gasteiger charge is 2.13. The van der Waals surface area contributed by atoms with Crippen LogP contribution in [-0.4, -0.2) is 10.5 Å². The second-order valence-electron chi connectivity index (χ2n) is 4.77. The second-order valence-corrected chi connectivity index (χ2v) is 4.77. The first kappa shape index (κ1) is 10.7. The van der Waals surface area contributed by atoms with E-state index in [1.165, 1.54) is 0 Å². The maximum atomic E-state index is 5.62.